The number of ketones is 1. The standard InChI is InChI=1S/C14H14F3NO4/c1-3-4-18(2)12(20)9-5-8(11(19)14(15,16)17)6-10(7-9)13(21)22/h5-7H,3-4H2,1-2H3,(H,21,22). The predicted molar refractivity (Wildman–Crippen MR) is 71.0 cm³/mol. The molecule has 0 saturated carbocycles. The van der Waals surface area contributed by atoms with E-state index in [4.69, 9.17) is 5.11 Å². The molecule has 1 aromatic carbocycles. The summed E-state index contributed by atoms with van der Waals surface area (Å²) in [7, 11) is 1.44. The molecule has 22 heavy (non-hydrogen) atoms. The first-order valence-electron chi connectivity index (χ1n) is 6.33. The van der Waals surface area contributed by atoms with Gasteiger partial charge < -0.3 is 10.0 Å². The Morgan fingerprint density at radius 2 is 1.59 bits per heavy atom. The summed E-state index contributed by atoms with van der Waals surface area (Å²) in [4.78, 5) is 35.6. The minimum Gasteiger partial charge on any atom is -0.478 e. The number of nitrogens with zero attached hydrogens (tertiary/aromatic N) is 1. The molecule has 0 unspecified atom stereocenters. The maximum Gasteiger partial charge on any atom is 0.454 e. The Bertz CT molecular complexity index is 611. The van der Waals surface area contributed by atoms with Gasteiger partial charge in [0.2, 0.25) is 0 Å². The third-order valence-corrected chi connectivity index (χ3v) is 2.85. The van der Waals surface area contributed by atoms with Gasteiger partial charge in [-0.15, -0.1) is 0 Å². The summed E-state index contributed by atoms with van der Waals surface area (Å²) >= 11 is 0. The molecule has 1 rings (SSSR count). The Labute approximate surface area is 124 Å². The van der Waals surface area contributed by atoms with Crippen molar-refractivity contribution in [2.75, 3.05) is 13.6 Å². The number of hydrogen-bond donors (Lipinski definition) is 1. The molecular weight excluding hydrogens is 303 g/mol. The normalized spacial score (nSPS) is 11.1. The van der Waals surface area contributed by atoms with Crippen LogP contribution in [-0.2, 0) is 0 Å². The van der Waals surface area contributed by atoms with Crippen molar-refractivity contribution in [3.63, 3.8) is 0 Å². The third-order valence-electron chi connectivity index (χ3n) is 2.85. The summed E-state index contributed by atoms with van der Waals surface area (Å²) in [5, 5.41) is 8.92. The molecule has 0 fully saturated rings. The number of rotatable bonds is 5. The summed E-state index contributed by atoms with van der Waals surface area (Å²) in [6, 6.07) is 2.31. The lowest BCUT2D eigenvalue weighted by Crippen LogP contribution is -2.28. The van der Waals surface area contributed by atoms with Crippen molar-refractivity contribution in [3.8, 4) is 0 Å². The quantitative estimate of drug-likeness (QED) is 0.847. The van der Waals surface area contributed by atoms with Crippen LogP contribution in [0.1, 0.15) is 44.4 Å². The highest BCUT2D eigenvalue weighted by molar-refractivity contribution is 6.05. The van der Waals surface area contributed by atoms with E-state index < -0.39 is 35.0 Å². The minimum atomic E-state index is -5.15. The van der Waals surface area contributed by atoms with Crippen molar-refractivity contribution in [1.29, 1.82) is 0 Å². The van der Waals surface area contributed by atoms with E-state index in [0.717, 1.165) is 12.1 Å². The third kappa shape index (κ3) is 4.06. The fraction of sp³-hybridized carbons (Fsp3) is 0.357. The van der Waals surface area contributed by atoms with Gasteiger partial charge in [0.25, 0.3) is 11.7 Å². The van der Waals surface area contributed by atoms with Crippen molar-refractivity contribution in [2.24, 2.45) is 0 Å². The molecule has 0 aromatic heterocycles. The lowest BCUT2D eigenvalue weighted by molar-refractivity contribution is -0.0885. The van der Waals surface area contributed by atoms with Gasteiger partial charge in [-0.2, -0.15) is 13.2 Å². The van der Waals surface area contributed by atoms with Crippen LogP contribution in [0.15, 0.2) is 18.2 Å². The van der Waals surface area contributed by atoms with E-state index in [9.17, 15) is 27.6 Å². The highest BCUT2D eigenvalue weighted by atomic mass is 19.4. The Hall–Kier alpha value is -2.38. The molecular formula is C14H14F3NO4. The largest absolute Gasteiger partial charge is 0.478 e. The minimum absolute atomic E-state index is 0.275. The zero-order valence-electron chi connectivity index (χ0n) is 11.9. The van der Waals surface area contributed by atoms with Crippen LogP contribution >= 0.6 is 0 Å². The highest BCUT2D eigenvalue weighted by Gasteiger charge is 2.39. The Balaban J connectivity index is 3.35. The summed E-state index contributed by atoms with van der Waals surface area (Å²) in [5.41, 5.74) is -1.70. The second-order valence-electron chi connectivity index (χ2n) is 4.66. The predicted octanol–water partition coefficient (Wildman–Crippen LogP) is 2.61. The number of hydrogen-bond acceptors (Lipinski definition) is 3. The molecule has 0 aliphatic rings. The van der Waals surface area contributed by atoms with Crippen molar-refractivity contribution in [1.82, 2.24) is 4.90 Å². The van der Waals surface area contributed by atoms with Gasteiger partial charge >= 0.3 is 12.1 Å². The molecule has 5 nitrogen and oxygen atoms in total. The molecule has 0 spiro atoms. The van der Waals surface area contributed by atoms with E-state index >= 15 is 0 Å². The van der Waals surface area contributed by atoms with Crippen LogP contribution in [0.25, 0.3) is 0 Å². The van der Waals surface area contributed by atoms with Gasteiger partial charge in [-0.05, 0) is 24.6 Å². The first kappa shape index (κ1) is 17.7. The summed E-state index contributed by atoms with van der Waals surface area (Å²) in [6.07, 6.45) is -4.53. The van der Waals surface area contributed by atoms with Crippen LogP contribution in [0.4, 0.5) is 13.2 Å². The Morgan fingerprint density at radius 3 is 2.05 bits per heavy atom. The fourth-order valence-corrected chi connectivity index (χ4v) is 1.83. The highest BCUT2D eigenvalue weighted by Crippen LogP contribution is 2.23. The molecule has 0 radical (unpaired) electrons. The molecule has 120 valence electrons. The number of alkyl halides is 3. The first-order valence-corrected chi connectivity index (χ1v) is 6.33. The molecule has 0 atom stereocenters. The molecule has 0 bridgehead atoms. The van der Waals surface area contributed by atoms with Crippen LogP contribution in [0.3, 0.4) is 0 Å². The Morgan fingerprint density at radius 1 is 1.09 bits per heavy atom. The van der Waals surface area contributed by atoms with Crippen molar-refractivity contribution in [2.45, 2.75) is 19.5 Å². The number of Topliss-reactive ketones (excluding diaryl/α,β-unsaturated/α-hetero) is 1. The average Bonchev–Trinajstić information content (AvgIpc) is 2.44. The SMILES string of the molecule is CCCN(C)C(=O)c1cc(C(=O)O)cc(C(=O)C(F)(F)F)c1. The Kier molecular flexibility index (Phi) is 5.29. The maximum atomic E-state index is 12.5. The van der Waals surface area contributed by atoms with E-state index in [-0.39, 0.29) is 5.56 Å². The van der Waals surface area contributed by atoms with Crippen molar-refractivity contribution < 1.29 is 32.7 Å². The van der Waals surface area contributed by atoms with Gasteiger partial charge in [0.15, 0.2) is 0 Å². The fourth-order valence-electron chi connectivity index (χ4n) is 1.83. The monoisotopic (exact) mass is 317 g/mol. The molecule has 0 saturated heterocycles. The number of carbonyl (C=O) groups is 3. The smallest absolute Gasteiger partial charge is 0.454 e. The van der Waals surface area contributed by atoms with E-state index in [1.807, 2.05) is 0 Å². The number of carbonyl (C=O) groups excluding carboxylic acids is 2. The summed E-state index contributed by atoms with van der Waals surface area (Å²) in [5.74, 6) is -4.37. The van der Waals surface area contributed by atoms with Crippen LogP contribution in [0, 0.1) is 0 Å². The van der Waals surface area contributed by atoms with Crippen molar-refractivity contribution in [3.05, 3.63) is 34.9 Å². The first-order chi connectivity index (χ1) is 10.1. The molecule has 1 aromatic rings. The number of benzene rings is 1. The van der Waals surface area contributed by atoms with Gasteiger partial charge in [-0.25, -0.2) is 4.79 Å². The molecule has 0 heterocycles. The molecule has 1 N–H and O–H groups in total. The van der Waals surface area contributed by atoms with Gasteiger partial charge in [0, 0.05) is 24.7 Å². The second kappa shape index (κ2) is 6.59. The van der Waals surface area contributed by atoms with Gasteiger partial charge in [0.05, 0.1) is 5.56 Å². The molecule has 1 amide bonds. The van der Waals surface area contributed by atoms with E-state index in [1.165, 1.54) is 11.9 Å². The molecule has 0 aliphatic carbocycles. The van der Waals surface area contributed by atoms with Crippen LogP contribution in [0.2, 0.25) is 0 Å². The zero-order chi connectivity index (χ0) is 17.1. The number of carboxylic acid groups (broad SMARTS) is 1. The second-order valence-corrected chi connectivity index (χ2v) is 4.66. The summed E-state index contributed by atoms with van der Waals surface area (Å²) in [6.45, 7) is 2.15. The van der Waals surface area contributed by atoms with E-state index in [1.54, 1.807) is 6.92 Å². The van der Waals surface area contributed by atoms with Gasteiger partial charge in [-0.1, -0.05) is 6.92 Å². The lowest BCUT2D eigenvalue weighted by atomic mass is 10.0. The van der Waals surface area contributed by atoms with E-state index in [2.05, 4.69) is 0 Å². The van der Waals surface area contributed by atoms with Crippen LogP contribution in [-0.4, -0.2) is 47.4 Å². The lowest BCUT2D eigenvalue weighted by Gasteiger charge is -2.17. The van der Waals surface area contributed by atoms with Gasteiger partial charge in [-0.3, -0.25) is 9.59 Å². The number of amides is 1. The maximum absolute atomic E-state index is 12.5. The zero-order valence-corrected chi connectivity index (χ0v) is 11.9. The van der Waals surface area contributed by atoms with Crippen LogP contribution < -0.4 is 0 Å². The van der Waals surface area contributed by atoms with Crippen LogP contribution in [0.5, 0.6) is 0 Å². The molecule has 8 heteroatoms. The number of carboxylic acids is 1. The van der Waals surface area contributed by atoms with Crippen molar-refractivity contribution >= 4 is 17.7 Å². The summed E-state index contributed by atoms with van der Waals surface area (Å²) < 4.78 is 37.5. The topological polar surface area (TPSA) is 74.7 Å². The molecule has 0 aliphatic heterocycles. The number of aromatic carboxylic acids is 1. The average molecular weight is 317 g/mol. The van der Waals surface area contributed by atoms with Gasteiger partial charge in [0.1, 0.15) is 0 Å². The van der Waals surface area contributed by atoms with E-state index in [0.29, 0.717) is 19.0 Å². The number of halogens is 3.